The first-order chi connectivity index (χ1) is 10.6. The number of carboxylic acid groups (broad SMARTS) is 1. The first kappa shape index (κ1) is 15.6. The maximum Gasteiger partial charge on any atom is 0.344 e. The molecule has 5 heteroatoms. The van der Waals surface area contributed by atoms with Crippen molar-refractivity contribution in [1.29, 1.82) is 0 Å². The van der Waals surface area contributed by atoms with Crippen LogP contribution in [-0.4, -0.2) is 30.5 Å². The molecule has 0 aromatic heterocycles. The lowest BCUT2D eigenvalue weighted by molar-refractivity contribution is -0.144. The Hall–Kier alpha value is -2.82. The van der Waals surface area contributed by atoms with Crippen LogP contribution >= 0.6 is 0 Å². The van der Waals surface area contributed by atoms with Gasteiger partial charge >= 0.3 is 5.97 Å². The highest BCUT2D eigenvalue weighted by Crippen LogP contribution is 2.31. The fraction of sp³-hybridized carbons (Fsp3) is 0.176. The van der Waals surface area contributed by atoms with Gasteiger partial charge in [-0.25, -0.2) is 4.79 Å². The molecular formula is C17H17NO4. The van der Waals surface area contributed by atoms with Crippen LogP contribution in [0, 0.1) is 0 Å². The van der Waals surface area contributed by atoms with E-state index in [4.69, 9.17) is 14.6 Å². The molecule has 1 atom stereocenters. The van der Waals surface area contributed by atoms with Crippen LogP contribution in [0.1, 0.15) is 12.5 Å². The average molecular weight is 299 g/mol. The molecule has 0 bridgehead atoms. The summed E-state index contributed by atoms with van der Waals surface area (Å²) in [6.07, 6.45) is 0.641. The van der Waals surface area contributed by atoms with E-state index in [-0.39, 0.29) is 0 Å². The van der Waals surface area contributed by atoms with Crippen LogP contribution in [0.2, 0.25) is 0 Å². The van der Waals surface area contributed by atoms with Crippen molar-refractivity contribution in [2.24, 2.45) is 4.99 Å². The summed E-state index contributed by atoms with van der Waals surface area (Å²) < 4.78 is 10.7. The van der Waals surface area contributed by atoms with E-state index < -0.39 is 12.1 Å². The molecule has 2 aromatic carbocycles. The van der Waals surface area contributed by atoms with Crippen LogP contribution in [0.15, 0.2) is 53.5 Å². The molecule has 0 aliphatic heterocycles. The van der Waals surface area contributed by atoms with Gasteiger partial charge in [0.25, 0.3) is 0 Å². The van der Waals surface area contributed by atoms with Gasteiger partial charge in [-0.05, 0) is 31.2 Å². The molecule has 5 nitrogen and oxygen atoms in total. The number of carboxylic acids is 1. The summed E-state index contributed by atoms with van der Waals surface area (Å²) in [7, 11) is 1.51. The van der Waals surface area contributed by atoms with Gasteiger partial charge < -0.3 is 14.6 Å². The van der Waals surface area contributed by atoms with Gasteiger partial charge in [0.1, 0.15) is 0 Å². The number of para-hydroxylation sites is 2. The fourth-order valence-electron chi connectivity index (χ4n) is 1.81. The Labute approximate surface area is 128 Å². The monoisotopic (exact) mass is 299 g/mol. The van der Waals surface area contributed by atoms with Crippen molar-refractivity contribution in [3.05, 3.63) is 54.1 Å². The summed E-state index contributed by atoms with van der Waals surface area (Å²) in [6.45, 7) is 1.47. The first-order valence-corrected chi connectivity index (χ1v) is 6.77. The van der Waals surface area contributed by atoms with Crippen molar-refractivity contribution in [3.63, 3.8) is 0 Å². The number of carbonyl (C=O) groups is 1. The minimum atomic E-state index is -1.04. The summed E-state index contributed by atoms with van der Waals surface area (Å²) in [5.41, 5.74) is 1.44. The second-order valence-corrected chi connectivity index (χ2v) is 4.57. The molecule has 0 amide bonds. The molecule has 22 heavy (non-hydrogen) atoms. The van der Waals surface area contributed by atoms with E-state index in [9.17, 15) is 4.79 Å². The van der Waals surface area contributed by atoms with Crippen molar-refractivity contribution >= 4 is 17.9 Å². The zero-order chi connectivity index (χ0) is 15.9. The number of hydrogen-bond donors (Lipinski definition) is 1. The molecule has 2 aromatic rings. The molecule has 0 aliphatic carbocycles. The molecule has 1 N–H and O–H groups in total. The van der Waals surface area contributed by atoms with E-state index in [1.54, 1.807) is 24.4 Å². The highest BCUT2D eigenvalue weighted by molar-refractivity contribution is 5.87. The normalized spacial score (nSPS) is 12.1. The number of methoxy groups -OCH3 is 1. The molecule has 0 spiro atoms. The molecule has 114 valence electrons. The van der Waals surface area contributed by atoms with Crippen molar-refractivity contribution in [3.8, 4) is 11.5 Å². The minimum Gasteiger partial charge on any atom is -0.493 e. The summed E-state index contributed by atoms with van der Waals surface area (Å²) in [6, 6.07) is 14.7. The molecule has 0 radical (unpaired) electrons. The standard InChI is InChI=1S/C17H17NO4/c1-12(17(19)20)22-16-13(7-6-10-15(16)21-2)11-18-14-8-4-3-5-9-14/h3-12H,1-2H3,(H,19,20)/t12-/m0/s1. The second-order valence-electron chi connectivity index (χ2n) is 4.57. The third-order valence-corrected chi connectivity index (χ3v) is 2.98. The minimum absolute atomic E-state index is 0.361. The number of ether oxygens (including phenoxy) is 2. The quantitative estimate of drug-likeness (QED) is 0.831. The summed E-state index contributed by atoms with van der Waals surface area (Å²) >= 11 is 0. The van der Waals surface area contributed by atoms with Gasteiger partial charge in [0.05, 0.1) is 12.8 Å². The lowest BCUT2D eigenvalue weighted by atomic mass is 10.2. The van der Waals surface area contributed by atoms with Gasteiger partial charge in [-0.15, -0.1) is 0 Å². The summed E-state index contributed by atoms with van der Waals surface area (Å²) in [4.78, 5) is 15.4. The molecule has 0 saturated carbocycles. The third-order valence-electron chi connectivity index (χ3n) is 2.98. The van der Waals surface area contributed by atoms with Crippen molar-refractivity contribution < 1.29 is 19.4 Å². The van der Waals surface area contributed by atoms with Crippen molar-refractivity contribution in [1.82, 2.24) is 0 Å². The van der Waals surface area contributed by atoms with E-state index in [2.05, 4.69) is 4.99 Å². The van der Waals surface area contributed by atoms with Crippen LogP contribution in [0.25, 0.3) is 0 Å². The Morgan fingerprint density at radius 3 is 2.55 bits per heavy atom. The van der Waals surface area contributed by atoms with Crippen LogP contribution in [0.4, 0.5) is 5.69 Å². The highest BCUT2D eigenvalue weighted by atomic mass is 16.5. The first-order valence-electron chi connectivity index (χ1n) is 6.77. The zero-order valence-electron chi connectivity index (χ0n) is 12.4. The van der Waals surface area contributed by atoms with E-state index in [1.807, 2.05) is 30.3 Å². The lowest BCUT2D eigenvalue weighted by Crippen LogP contribution is -2.23. The van der Waals surface area contributed by atoms with Gasteiger partial charge in [-0.2, -0.15) is 0 Å². The van der Waals surface area contributed by atoms with Gasteiger partial charge in [0, 0.05) is 11.8 Å². The molecule has 0 unspecified atom stereocenters. The molecule has 0 saturated heterocycles. The van der Waals surface area contributed by atoms with Crippen LogP contribution < -0.4 is 9.47 Å². The predicted octanol–water partition coefficient (Wildman–Crippen LogP) is 3.30. The van der Waals surface area contributed by atoms with Crippen LogP contribution in [-0.2, 0) is 4.79 Å². The van der Waals surface area contributed by atoms with E-state index in [0.29, 0.717) is 17.1 Å². The fourth-order valence-corrected chi connectivity index (χ4v) is 1.81. The van der Waals surface area contributed by atoms with Crippen LogP contribution in [0.5, 0.6) is 11.5 Å². The number of aliphatic carboxylic acids is 1. The maximum absolute atomic E-state index is 11.0. The Balaban J connectivity index is 2.34. The number of benzene rings is 2. The Morgan fingerprint density at radius 1 is 1.18 bits per heavy atom. The number of hydrogen-bond acceptors (Lipinski definition) is 4. The third kappa shape index (κ3) is 3.85. The molecule has 0 aliphatic rings. The second kappa shape index (κ2) is 7.26. The predicted molar refractivity (Wildman–Crippen MR) is 84.4 cm³/mol. The maximum atomic E-state index is 11.0. The molecular weight excluding hydrogens is 282 g/mol. The van der Waals surface area contributed by atoms with Crippen molar-refractivity contribution in [2.75, 3.05) is 7.11 Å². The number of nitrogens with zero attached hydrogens (tertiary/aromatic N) is 1. The smallest absolute Gasteiger partial charge is 0.344 e. The van der Waals surface area contributed by atoms with E-state index in [1.165, 1.54) is 14.0 Å². The topological polar surface area (TPSA) is 68.1 Å². The molecule has 0 fully saturated rings. The Bertz CT molecular complexity index is 668. The van der Waals surface area contributed by atoms with Crippen molar-refractivity contribution in [2.45, 2.75) is 13.0 Å². The lowest BCUT2D eigenvalue weighted by Gasteiger charge is -2.15. The summed E-state index contributed by atoms with van der Waals surface area (Å²) in [5.74, 6) is -0.221. The SMILES string of the molecule is COc1cccc(C=Nc2ccccc2)c1O[C@@H](C)C(=O)O. The van der Waals surface area contributed by atoms with E-state index in [0.717, 1.165) is 5.69 Å². The largest absolute Gasteiger partial charge is 0.493 e. The van der Waals surface area contributed by atoms with Gasteiger partial charge in [-0.3, -0.25) is 4.99 Å². The highest BCUT2D eigenvalue weighted by Gasteiger charge is 2.17. The number of rotatable bonds is 6. The molecule has 2 rings (SSSR count). The Morgan fingerprint density at radius 2 is 1.91 bits per heavy atom. The van der Waals surface area contributed by atoms with Gasteiger partial charge in [0.15, 0.2) is 17.6 Å². The Kier molecular flexibility index (Phi) is 5.14. The van der Waals surface area contributed by atoms with E-state index >= 15 is 0 Å². The van der Waals surface area contributed by atoms with Gasteiger partial charge in [-0.1, -0.05) is 24.3 Å². The summed E-state index contributed by atoms with van der Waals surface area (Å²) in [5, 5.41) is 9.01. The average Bonchev–Trinajstić information content (AvgIpc) is 2.54. The van der Waals surface area contributed by atoms with Gasteiger partial charge in [0.2, 0.25) is 0 Å². The number of aliphatic imine (C=N–C) groups is 1. The van der Waals surface area contributed by atoms with Crippen LogP contribution in [0.3, 0.4) is 0 Å². The zero-order valence-corrected chi connectivity index (χ0v) is 12.4. The molecule has 0 heterocycles.